The number of hydrogen-bond donors (Lipinski definition) is 1. The molecule has 5 nitrogen and oxygen atoms in total. The van der Waals surface area contributed by atoms with Crippen LogP contribution in [0.2, 0.25) is 5.02 Å². The van der Waals surface area contributed by atoms with Gasteiger partial charge in [0.2, 0.25) is 0 Å². The largest absolute Gasteiger partial charge is 0.480 e. The molecule has 0 bridgehead atoms. The molecule has 114 valence electrons. The first kappa shape index (κ1) is 15.6. The highest BCUT2D eigenvalue weighted by atomic mass is 35.5. The van der Waals surface area contributed by atoms with E-state index in [0.29, 0.717) is 24.5 Å². The molecule has 0 radical (unpaired) electrons. The lowest BCUT2D eigenvalue weighted by Gasteiger charge is -2.35. The Morgan fingerprint density at radius 2 is 2.00 bits per heavy atom. The molecule has 1 atom stereocenters. The first-order valence-electron chi connectivity index (χ1n) is 6.98. The van der Waals surface area contributed by atoms with Gasteiger partial charge in [-0.2, -0.15) is 0 Å². The Morgan fingerprint density at radius 1 is 1.33 bits per heavy atom. The molecule has 1 aliphatic rings. The van der Waals surface area contributed by atoms with E-state index in [1.807, 2.05) is 12.1 Å². The number of likely N-dealkylation sites (tertiary alicyclic amines) is 1. The highest BCUT2D eigenvalue weighted by molar-refractivity contribution is 6.30. The maximum absolute atomic E-state index is 12.4. The van der Waals surface area contributed by atoms with E-state index in [1.165, 1.54) is 4.90 Å². The highest BCUT2D eigenvalue weighted by Gasteiger charge is 2.33. The summed E-state index contributed by atoms with van der Waals surface area (Å²) in [4.78, 5) is 26.7. The molecule has 0 spiro atoms. The molecule has 1 aliphatic heterocycles. The van der Waals surface area contributed by atoms with Crippen molar-refractivity contribution in [3.8, 4) is 0 Å². The Labute approximate surface area is 129 Å². The fourth-order valence-electron chi connectivity index (χ4n) is 2.57. The summed E-state index contributed by atoms with van der Waals surface area (Å²) < 4.78 is 0. The van der Waals surface area contributed by atoms with Crippen LogP contribution < -0.4 is 0 Å². The number of piperidine rings is 1. The second-order valence-corrected chi connectivity index (χ2v) is 5.74. The van der Waals surface area contributed by atoms with Crippen LogP contribution in [-0.2, 0) is 11.3 Å². The lowest BCUT2D eigenvalue weighted by Crippen LogP contribution is -2.52. The summed E-state index contributed by atoms with van der Waals surface area (Å²) in [5.41, 5.74) is 0.958. The lowest BCUT2D eigenvalue weighted by molar-refractivity contribution is -0.143. The number of benzene rings is 1. The fraction of sp³-hybridized carbons (Fsp3) is 0.467. The minimum Gasteiger partial charge on any atom is -0.480 e. The van der Waals surface area contributed by atoms with Crippen LogP contribution in [0.15, 0.2) is 24.3 Å². The maximum Gasteiger partial charge on any atom is 0.326 e. The van der Waals surface area contributed by atoms with Gasteiger partial charge in [0.05, 0.1) is 0 Å². The molecule has 0 aromatic heterocycles. The standard InChI is InChI=1S/C15H19ClN2O3/c1-17(10-11-5-7-12(16)8-6-11)15(21)18-9-3-2-4-13(18)14(19)20/h5-8,13H,2-4,9-10H2,1H3,(H,19,20). The molecule has 1 unspecified atom stereocenters. The van der Waals surface area contributed by atoms with Gasteiger partial charge in [-0.15, -0.1) is 0 Å². The molecule has 2 amide bonds. The summed E-state index contributed by atoms with van der Waals surface area (Å²) in [7, 11) is 1.68. The van der Waals surface area contributed by atoms with E-state index in [9.17, 15) is 14.7 Å². The molecular weight excluding hydrogens is 292 g/mol. The predicted octanol–water partition coefficient (Wildman–Crippen LogP) is 2.83. The molecule has 0 aliphatic carbocycles. The topological polar surface area (TPSA) is 60.9 Å². The van der Waals surface area contributed by atoms with Gasteiger partial charge in [0, 0.05) is 25.2 Å². The van der Waals surface area contributed by atoms with Crippen LogP contribution in [0.4, 0.5) is 4.79 Å². The summed E-state index contributed by atoms with van der Waals surface area (Å²) in [6, 6.07) is 6.32. The minimum absolute atomic E-state index is 0.239. The monoisotopic (exact) mass is 310 g/mol. The van der Waals surface area contributed by atoms with Gasteiger partial charge in [0.15, 0.2) is 0 Å². The van der Waals surface area contributed by atoms with Gasteiger partial charge in [0.1, 0.15) is 6.04 Å². The van der Waals surface area contributed by atoms with Crippen molar-refractivity contribution in [2.45, 2.75) is 31.8 Å². The summed E-state index contributed by atoms with van der Waals surface area (Å²) in [5, 5.41) is 9.88. The van der Waals surface area contributed by atoms with Crippen molar-refractivity contribution in [1.82, 2.24) is 9.80 Å². The zero-order valence-electron chi connectivity index (χ0n) is 12.0. The van der Waals surface area contributed by atoms with E-state index < -0.39 is 12.0 Å². The Kier molecular flexibility index (Phi) is 5.07. The van der Waals surface area contributed by atoms with Gasteiger partial charge >= 0.3 is 12.0 Å². The van der Waals surface area contributed by atoms with Gasteiger partial charge < -0.3 is 14.9 Å². The average molecular weight is 311 g/mol. The normalized spacial score (nSPS) is 18.4. The van der Waals surface area contributed by atoms with Crippen molar-refractivity contribution in [2.24, 2.45) is 0 Å². The Morgan fingerprint density at radius 3 is 2.62 bits per heavy atom. The summed E-state index contributed by atoms with van der Waals surface area (Å²) in [6.45, 7) is 0.930. The number of urea groups is 1. The molecule has 1 saturated heterocycles. The predicted molar refractivity (Wildman–Crippen MR) is 80.3 cm³/mol. The molecule has 6 heteroatoms. The highest BCUT2D eigenvalue weighted by Crippen LogP contribution is 2.19. The lowest BCUT2D eigenvalue weighted by atomic mass is 10.0. The summed E-state index contributed by atoms with van der Waals surface area (Å²) in [5.74, 6) is -0.928. The van der Waals surface area contributed by atoms with E-state index in [-0.39, 0.29) is 6.03 Å². The third-order valence-electron chi connectivity index (χ3n) is 3.69. The number of aliphatic carboxylic acids is 1. The third-order valence-corrected chi connectivity index (χ3v) is 3.95. The van der Waals surface area contributed by atoms with Gasteiger partial charge in [0.25, 0.3) is 0 Å². The fourth-order valence-corrected chi connectivity index (χ4v) is 2.69. The Bertz CT molecular complexity index is 518. The SMILES string of the molecule is CN(Cc1ccc(Cl)cc1)C(=O)N1CCCCC1C(=O)O. The first-order chi connectivity index (χ1) is 9.99. The molecule has 1 aromatic rings. The number of halogens is 1. The number of hydrogen-bond acceptors (Lipinski definition) is 2. The van der Waals surface area contributed by atoms with Crippen LogP contribution in [0.5, 0.6) is 0 Å². The number of carbonyl (C=O) groups excluding carboxylic acids is 1. The molecule has 1 heterocycles. The Balaban J connectivity index is 2.03. The van der Waals surface area contributed by atoms with Crippen LogP contribution in [0.3, 0.4) is 0 Å². The number of carboxylic acid groups (broad SMARTS) is 1. The quantitative estimate of drug-likeness (QED) is 0.934. The van der Waals surface area contributed by atoms with Crippen LogP contribution in [0.25, 0.3) is 0 Å². The van der Waals surface area contributed by atoms with Crippen LogP contribution in [0, 0.1) is 0 Å². The Hall–Kier alpha value is -1.75. The van der Waals surface area contributed by atoms with E-state index in [1.54, 1.807) is 24.1 Å². The van der Waals surface area contributed by atoms with Gasteiger partial charge in [-0.05, 0) is 37.0 Å². The molecule has 1 fully saturated rings. The minimum atomic E-state index is -0.928. The van der Waals surface area contributed by atoms with Crippen LogP contribution in [-0.4, -0.2) is 46.5 Å². The number of amides is 2. The second kappa shape index (κ2) is 6.80. The van der Waals surface area contributed by atoms with Gasteiger partial charge in [-0.25, -0.2) is 9.59 Å². The molecular formula is C15H19ClN2O3. The summed E-state index contributed by atoms with van der Waals surface area (Å²) in [6.07, 6.45) is 2.22. The van der Waals surface area contributed by atoms with Crippen LogP contribution >= 0.6 is 11.6 Å². The van der Waals surface area contributed by atoms with Crippen molar-refractivity contribution in [2.75, 3.05) is 13.6 Å². The number of carboxylic acids is 1. The van der Waals surface area contributed by atoms with E-state index in [0.717, 1.165) is 18.4 Å². The number of carbonyl (C=O) groups is 2. The van der Waals surface area contributed by atoms with E-state index in [4.69, 9.17) is 11.6 Å². The van der Waals surface area contributed by atoms with Crippen LogP contribution in [0.1, 0.15) is 24.8 Å². The third kappa shape index (κ3) is 3.88. The smallest absolute Gasteiger partial charge is 0.326 e. The van der Waals surface area contributed by atoms with Crippen molar-refractivity contribution < 1.29 is 14.7 Å². The van der Waals surface area contributed by atoms with E-state index >= 15 is 0 Å². The molecule has 0 saturated carbocycles. The number of nitrogens with zero attached hydrogens (tertiary/aromatic N) is 2. The summed E-state index contributed by atoms with van der Waals surface area (Å²) >= 11 is 5.83. The molecule has 2 rings (SSSR count). The number of rotatable bonds is 3. The molecule has 21 heavy (non-hydrogen) atoms. The van der Waals surface area contributed by atoms with E-state index in [2.05, 4.69) is 0 Å². The van der Waals surface area contributed by atoms with Crippen molar-refractivity contribution in [3.63, 3.8) is 0 Å². The van der Waals surface area contributed by atoms with Gasteiger partial charge in [-0.3, -0.25) is 0 Å². The first-order valence-corrected chi connectivity index (χ1v) is 7.36. The van der Waals surface area contributed by atoms with Crippen molar-refractivity contribution in [3.05, 3.63) is 34.9 Å². The van der Waals surface area contributed by atoms with Crippen molar-refractivity contribution in [1.29, 1.82) is 0 Å². The van der Waals surface area contributed by atoms with Gasteiger partial charge in [-0.1, -0.05) is 23.7 Å². The second-order valence-electron chi connectivity index (χ2n) is 5.31. The molecule has 1 aromatic carbocycles. The maximum atomic E-state index is 12.4. The zero-order chi connectivity index (χ0) is 15.4. The van der Waals surface area contributed by atoms with Crippen molar-refractivity contribution >= 4 is 23.6 Å². The molecule has 1 N–H and O–H groups in total. The average Bonchev–Trinajstić information content (AvgIpc) is 2.48. The zero-order valence-corrected chi connectivity index (χ0v) is 12.7.